The smallest absolute Gasteiger partial charge is 0.408 e. The van der Waals surface area contributed by atoms with Crippen molar-refractivity contribution in [2.45, 2.75) is 19.5 Å². The zero-order valence-corrected chi connectivity index (χ0v) is 11.1. The number of nitrogens with one attached hydrogen (secondary N) is 1. The van der Waals surface area contributed by atoms with Gasteiger partial charge in [-0.1, -0.05) is 19.1 Å². The molecule has 1 aromatic heterocycles. The molecule has 19 heavy (non-hydrogen) atoms. The predicted molar refractivity (Wildman–Crippen MR) is 74.4 cm³/mol. The zero-order chi connectivity index (χ0) is 13.2. The second-order valence-electron chi connectivity index (χ2n) is 4.93. The van der Waals surface area contributed by atoms with E-state index >= 15 is 0 Å². The van der Waals surface area contributed by atoms with Crippen molar-refractivity contribution < 1.29 is 4.42 Å². The van der Waals surface area contributed by atoms with E-state index in [9.17, 15) is 4.79 Å². The average molecular weight is 261 g/mol. The van der Waals surface area contributed by atoms with Gasteiger partial charge in [0.25, 0.3) is 0 Å². The van der Waals surface area contributed by atoms with E-state index in [1.165, 1.54) is 0 Å². The highest BCUT2D eigenvalue weighted by Crippen LogP contribution is 2.12. The van der Waals surface area contributed by atoms with E-state index in [1.54, 1.807) is 4.57 Å². The number of aromatic nitrogens is 1. The van der Waals surface area contributed by atoms with E-state index in [0.717, 1.165) is 31.7 Å². The molecule has 5 nitrogen and oxygen atoms in total. The molecule has 102 valence electrons. The number of oxazole rings is 1. The summed E-state index contributed by atoms with van der Waals surface area (Å²) in [6.07, 6.45) is 0. The van der Waals surface area contributed by atoms with Crippen LogP contribution in [-0.4, -0.2) is 41.7 Å². The third kappa shape index (κ3) is 2.31. The summed E-state index contributed by atoms with van der Waals surface area (Å²) in [4.78, 5) is 14.3. The molecule has 3 rings (SSSR count). The fourth-order valence-electron chi connectivity index (χ4n) is 2.58. The van der Waals surface area contributed by atoms with Crippen LogP contribution in [-0.2, 0) is 6.54 Å². The second-order valence-corrected chi connectivity index (χ2v) is 4.93. The molecule has 0 spiro atoms. The number of para-hydroxylation sites is 2. The summed E-state index contributed by atoms with van der Waals surface area (Å²) in [5.74, 6) is -0.260. The summed E-state index contributed by atoms with van der Waals surface area (Å²) in [5.41, 5.74) is 1.55. The first-order chi connectivity index (χ1) is 9.29. The Kier molecular flexibility index (Phi) is 3.40. The van der Waals surface area contributed by atoms with Gasteiger partial charge >= 0.3 is 5.76 Å². The van der Waals surface area contributed by atoms with Crippen molar-refractivity contribution >= 4 is 11.1 Å². The van der Waals surface area contributed by atoms with Crippen LogP contribution in [0.5, 0.6) is 0 Å². The maximum atomic E-state index is 11.9. The van der Waals surface area contributed by atoms with Gasteiger partial charge in [0, 0.05) is 32.2 Å². The van der Waals surface area contributed by atoms with E-state index < -0.39 is 0 Å². The molecule has 1 aliphatic rings. The molecule has 0 amide bonds. The van der Waals surface area contributed by atoms with Crippen LogP contribution in [0.1, 0.15) is 6.92 Å². The molecule has 0 radical (unpaired) electrons. The standard InChI is InChI=1S/C14H19N3O2/c1-2-16(11-9-15-10-11)7-8-17-12-5-3-4-6-13(12)19-14(17)18/h3-6,11,15H,2,7-10H2,1H3. The molecule has 1 N–H and O–H groups in total. The van der Waals surface area contributed by atoms with Gasteiger partial charge in [0.05, 0.1) is 5.52 Å². The summed E-state index contributed by atoms with van der Waals surface area (Å²) in [5, 5.41) is 3.28. The van der Waals surface area contributed by atoms with Crippen LogP contribution in [0.2, 0.25) is 0 Å². The molecule has 1 aliphatic heterocycles. The highest BCUT2D eigenvalue weighted by molar-refractivity contribution is 5.72. The first kappa shape index (κ1) is 12.4. The molecule has 5 heteroatoms. The average Bonchev–Trinajstić information content (AvgIpc) is 2.68. The van der Waals surface area contributed by atoms with E-state index in [1.807, 2.05) is 24.3 Å². The minimum absolute atomic E-state index is 0.260. The normalized spacial score (nSPS) is 16.1. The third-order valence-electron chi connectivity index (χ3n) is 3.87. The molecule has 2 aromatic rings. The quantitative estimate of drug-likeness (QED) is 0.868. The van der Waals surface area contributed by atoms with Crippen LogP contribution in [0.25, 0.3) is 11.1 Å². The number of likely N-dealkylation sites (N-methyl/N-ethyl adjacent to an activating group) is 1. The van der Waals surface area contributed by atoms with Gasteiger partial charge in [-0.15, -0.1) is 0 Å². The largest absolute Gasteiger partial charge is 0.419 e. The Morgan fingerprint density at radius 2 is 2.21 bits per heavy atom. The first-order valence-electron chi connectivity index (χ1n) is 6.82. The molecule has 0 bridgehead atoms. The molecule has 0 atom stereocenters. The van der Waals surface area contributed by atoms with E-state index in [0.29, 0.717) is 18.2 Å². The lowest BCUT2D eigenvalue weighted by atomic mass is 10.1. The molecule has 2 heterocycles. The third-order valence-corrected chi connectivity index (χ3v) is 3.87. The topological polar surface area (TPSA) is 50.4 Å². The molecule has 0 unspecified atom stereocenters. The number of nitrogens with zero attached hydrogens (tertiary/aromatic N) is 2. The van der Waals surface area contributed by atoms with Gasteiger partial charge in [-0.25, -0.2) is 4.79 Å². The Labute approximate surface area is 111 Å². The molecular formula is C14H19N3O2. The first-order valence-corrected chi connectivity index (χ1v) is 6.82. The molecule has 1 saturated heterocycles. The number of benzene rings is 1. The van der Waals surface area contributed by atoms with Gasteiger partial charge in [0.1, 0.15) is 0 Å². The van der Waals surface area contributed by atoms with Crippen molar-refractivity contribution in [2.75, 3.05) is 26.2 Å². The van der Waals surface area contributed by atoms with E-state index in [2.05, 4.69) is 17.1 Å². The van der Waals surface area contributed by atoms with Crippen molar-refractivity contribution in [3.05, 3.63) is 34.8 Å². The molecule has 0 aliphatic carbocycles. The lowest BCUT2D eigenvalue weighted by Gasteiger charge is -2.37. The number of fused-ring (bicyclic) bond motifs is 1. The monoisotopic (exact) mass is 261 g/mol. The van der Waals surface area contributed by atoms with Gasteiger partial charge in [-0.2, -0.15) is 0 Å². The highest BCUT2D eigenvalue weighted by atomic mass is 16.4. The van der Waals surface area contributed by atoms with Crippen LogP contribution in [0, 0.1) is 0 Å². The Morgan fingerprint density at radius 3 is 2.89 bits per heavy atom. The fraction of sp³-hybridized carbons (Fsp3) is 0.500. The summed E-state index contributed by atoms with van der Waals surface area (Å²) in [6, 6.07) is 8.19. The van der Waals surface area contributed by atoms with Gasteiger partial charge in [0.2, 0.25) is 0 Å². The SMILES string of the molecule is CCN(CCn1c(=O)oc2ccccc21)C1CNC1. The zero-order valence-electron chi connectivity index (χ0n) is 11.1. The van der Waals surface area contributed by atoms with Crippen LogP contribution in [0.3, 0.4) is 0 Å². The van der Waals surface area contributed by atoms with E-state index in [-0.39, 0.29) is 5.76 Å². The van der Waals surface area contributed by atoms with Crippen LogP contribution < -0.4 is 11.1 Å². The molecule has 1 fully saturated rings. The number of hydrogen-bond donors (Lipinski definition) is 1. The van der Waals surface area contributed by atoms with Crippen LogP contribution in [0.4, 0.5) is 0 Å². The number of rotatable bonds is 5. The maximum Gasteiger partial charge on any atom is 0.419 e. The molecule has 0 saturated carbocycles. The van der Waals surface area contributed by atoms with E-state index in [4.69, 9.17) is 4.42 Å². The van der Waals surface area contributed by atoms with Crippen molar-refractivity contribution in [1.29, 1.82) is 0 Å². The Morgan fingerprint density at radius 1 is 1.42 bits per heavy atom. The van der Waals surface area contributed by atoms with Crippen molar-refractivity contribution in [3.8, 4) is 0 Å². The van der Waals surface area contributed by atoms with Crippen molar-refractivity contribution in [1.82, 2.24) is 14.8 Å². The fourth-order valence-corrected chi connectivity index (χ4v) is 2.58. The summed E-state index contributed by atoms with van der Waals surface area (Å²) >= 11 is 0. The molecular weight excluding hydrogens is 242 g/mol. The van der Waals surface area contributed by atoms with Crippen LogP contribution in [0.15, 0.2) is 33.5 Å². The predicted octanol–water partition coefficient (Wildman–Crippen LogP) is 0.888. The van der Waals surface area contributed by atoms with Gasteiger partial charge in [0.15, 0.2) is 5.58 Å². The minimum atomic E-state index is -0.260. The molecule has 1 aromatic carbocycles. The van der Waals surface area contributed by atoms with Crippen molar-refractivity contribution in [2.24, 2.45) is 0 Å². The Hall–Kier alpha value is -1.59. The lowest BCUT2D eigenvalue weighted by Crippen LogP contribution is -2.57. The maximum absolute atomic E-state index is 11.9. The van der Waals surface area contributed by atoms with Gasteiger partial charge in [-0.3, -0.25) is 9.47 Å². The summed E-state index contributed by atoms with van der Waals surface area (Å²) in [6.45, 7) is 6.83. The van der Waals surface area contributed by atoms with Crippen LogP contribution >= 0.6 is 0 Å². The minimum Gasteiger partial charge on any atom is -0.408 e. The lowest BCUT2D eigenvalue weighted by molar-refractivity contribution is 0.147. The number of hydrogen-bond acceptors (Lipinski definition) is 4. The van der Waals surface area contributed by atoms with Gasteiger partial charge < -0.3 is 9.73 Å². The summed E-state index contributed by atoms with van der Waals surface area (Å²) < 4.78 is 6.97. The Bertz CT molecular complexity index is 612. The van der Waals surface area contributed by atoms with Gasteiger partial charge in [-0.05, 0) is 18.7 Å². The van der Waals surface area contributed by atoms with Crippen molar-refractivity contribution in [3.63, 3.8) is 0 Å². The second kappa shape index (κ2) is 5.19. The highest BCUT2D eigenvalue weighted by Gasteiger charge is 2.23. The summed E-state index contributed by atoms with van der Waals surface area (Å²) in [7, 11) is 0. The Balaban J connectivity index is 1.77.